The third-order valence-corrected chi connectivity index (χ3v) is 6.19. The van der Waals surface area contributed by atoms with Crippen LogP contribution in [0.15, 0.2) is 29.3 Å². The highest BCUT2D eigenvalue weighted by molar-refractivity contribution is 7.98. The zero-order valence-electron chi connectivity index (χ0n) is 22.0. The molecule has 0 spiro atoms. The normalized spacial score (nSPS) is 13.7. The summed E-state index contributed by atoms with van der Waals surface area (Å²) in [5.41, 5.74) is 17.0. The van der Waals surface area contributed by atoms with E-state index < -0.39 is 60.2 Å². The van der Waals surface area contributed by atoms with Gasteiger partial charge in [0.05, 0.1) is 12.5 Å². The van der Waals surface area contributed by atoms with Gasteiger partial charge in [-0.25, -0.2) is 4.79 Å². The summed E-state index contributed by atoms with van der Waals surface area (Å²) in [6.45, 7) is 0.153. The van der Waals surface area contributed by atoms with Gasteiger partial charge in [-0.15, -0.1) is 0 Å². The lowest BCUT2D eigenvalue weighted by molar-refractivity contribution is -0.143. The van der Waals surface area contributed by atoms with Crippen LogP contribution in [0.25, 0.3) is 0 Å². The maximum absolute atomic E-state index is 13.0. The fourth-order valence-corrected chi connectivity index (χ4v) is 3.92. The number of carbonyl (C=O) groups excluding carboxylic acids is 3. The van der Waals surface area contributed by atoms with Crippen LogP contribution in [0, 0.1) is 0 Å². The molecule has 0 heterocycles. The standard InChI is InChI=1S/C24H37N7O8S/c1-40-10-8-16(21(36)30-17(23(38)39)3-2-9-28-24(26)27)29-22(37)18(12-19(33)34)31-20(35)15(25)11-13-4-6-14(32)7-5-13/h4-7,15-18,32H,2-3,8-12,25H2,1H3,(H,29,37)(H,30,36)(H,31,35)(H,33,34)(H,38,39)(H4,26,27,28). The lowest BCUT2D eigenvalue weighted by Gasteiger charge is -2.24. The second-order valence-electron chi connectivity index (χ2n) is 8.83. The average Bonchev–Trinajstić information content (AvgIpc) is 2.88. The first kappa shape index (κ1) is 34.0. The minimum Gasteiger partial charge on any atom is -0.508 e. The second-order valence-corrected chi connectivity index (χ2v) is 9.81. The maximum atomic E-state index is 13.0. The number of hydrogen-bond acceptors (Lipinski definition) is 9. The fourth-order valence-electron chi connectivity index (χ4n) is 3.45. The summed E-state index contributed by atoms with van der Waals surface area (Å²) in [5, 5.41) is 35.3. The summed E-state index contributed by atoms with van der Waals surface area (Å²) in [7, 11) is 0. The Hall–Kier alpha value is -4.05. The Kier molecular flexibility index (Phi) is 14.9. The Morgan fingerprint density at radius 2 is 1.48 bits per heavy atom. The number of amides is 3. The van der Waals surface area contributed by atoms with Crippen LogP contribution in [0.3, 0.4) is 0 Å². The average molecular weight is 584 g/mol. The summed E-state index contributed by atoms with van der Waals surface area (Å²) in [5.74, 6) is -4.94. The number of rotatable bonds is 18. The van der Waals surface area contributed by atoms with E-state index in [4.69, 9.17) is 17.2 Å². The predicted octanol–water partition coefficient (Wildman–Crippen LogP) is -1.92. The van der Waals surface area contributed by atoms with E-state index in [9.17, 15) is 39.3 Å². The molecule has 12 N–H and O–H groups in total. The van der Waals surface area contributed by atoms with E-state index in [2.05, 4.69) is 20.9 Å². The molecule has 4 unspecified atom stereocenters. The number of aliphatic carboxylic acids is 2. The van der Waals surface area contributed by atoms with Crippen LogP contribution in [0.5, 0.6) is 5.75 Å². The van der Waals surface area contributed by atoms with Crippen LogP contribution in [-0.2, 0) is 30.4 Å². The van der Waals surface area contributed by atoms with Gasteiger partial charge in [0.15, 0.2) is 5.96 Å². The van der Waals surface area contributed by atoms with Crippen LogP contribution in [-0.4, -0.2) is 93.7 Å². The zero-order chi connectivity index (χ0) is 30.2. The monoisotopic (exact) mass is 583 g/mol. The summed E-state index contributed by atoms with van der Waals surface area (Å²) in [6, 6.07) is 0.753. The highest BCUT2D eigenvalue weighted by Gasteiger charge is 2.31. The second kappa shape index (κ2) is 17.5. The molecule has 0 aromatic heterocycles. The predicted molar refractivity (Wildman–Crippen MR) is 148 cm³/mol. The molecule has 0 saturated heterocycles. The third kappa shape index (κ3) is 13.1. The van der Waals surface area contributed by atoms with Gasteiger partial charge in [-0.1, -0.05) is 12.1 Å². The Morgan fingerprint density at radius 3 is 2.02 bits per heavy atom. The van der Waals surface area contributed by atoms with Crippen molar-refractivity contribution in [2.75, 3.05) is 18.6 Å². The highest BCUT2D eigenvalue weighted by atomic mass is 32.2. The van der Waals surface area contributed by atoms with E-state index in [0.717, 1.165) is 0 Å². The molecule has 0 saturated carbocycles. The van der Waals surface area contributed by atoms with Crippen LogP contribution >= 0.6 is 11.8 Å². The molecule has 15 nitrogen and oxygen atoms in total. The maximum Gasteiger partial charge on any atom is 0.326 e. The smallest absolute Gasteiger partial charge is 0.326 e. The number of phenolic OH excluding ortho intramolecular Hbond substituents is 1. The van der Waals surface area contributed by atoms with Crippen molar-refractivity contribution in [3.05, 3.63) is 29.8 Å². The number of benzene rings is 1. The molecule has 0 fully saturated rings. The fraction of sp³-hybridized carbons (Fsp3) is 0.500. The Labute approximate surface area is 235 Å². The Morgan fingerprint density at radius 1 is 0.900 bits per heavy atom. The van der Waals surface area contributed by atoms with Crippen LogP contribution in [0.1, 0.15) is 31.2 Å². The largest absolute Gasteiger partial charge is 0.508 e. The molecule has 0 aliphatic heterocycles. The van der Waals surface area contributed by atoms with E-state index >= 15 is 0 Å². The Bertz CT molecular complexity index is 1050. The van der Waals surface area contributed by atoms with Gasteiger partial charge in [0.25, 0.3) is 0 Å². The number of hydrogen-bond donors (Lipinski definition) is 9. The number of carboxylic acid groups (broad SMARTS) is 2. The van der Waals surface area contributed by atoms with Crippen molar-refractivity contribution in [3.63, 3.8) is 0 Å². The van der Waals surface area contributed by atoms with E-state index in [0.29, 0.717) is 11.3 Å². The number of carbonyl (C=O) groups is 5. The van der Waals surface area contributed by atoms with Crippen LogP contribution in [0.4, 0.5) is 0 Å². The molecule has 4 atom stereocenters. The van der Waals surface area contributed by atoms with Crippen molar-refractivity contribution in [1.29, 1.82) is 0 Å². The molecule has 222 valence electrons. The number of aromatic hydroxyl groups is 1. The SMILES string of the molecule is CSCCC(NC(=O)C(CC(=O)O)NC(=O)C(N)Cc1ccc(O)cc1)C(=O)NC(CCCN=C(N)N)C(=O)O. The number of phenols is 1. The quantitative estimate of drug-likeness (QED) is 0.0520. The van der Waals surface area contributed by atoms with E-state index in [1.54, 1.807) is 18.4 Å². The lowest BCUT2D eigenvalue weighted by Crippen LogP contribution is -2.57. The molecule has 0 aliphatic rings. The van der Waals surface area contributed by atoms with Gasteiger partial charge in [0, 0.05) is 6.54 Å². The topological polar surface area (TPSA) is 273 Å². The third-order valence-electron chi connectivity index (χ3n) is 5.54. The minimum atomic E-state index is -1.56. The number of carboxylic acids is 2. The van der Waals surface area contributed by atoms with Gasteiger partial charge in [0.1, 0.15) is 23.9 Å². The van der Waals surface area contributed by atoms with Crippen molar-refractivity contribution < 1.29 is 39.3 Å². The molecular formula is C24H37N7O8S. The summed E-state index contributed by atoms with van der Waals surface area (Å²) in [6.07, 6.45) is 1.40. The number of aliphatic imine (C=N–C) groups is 1. The van der Waals surface area contributed by atoms with Crippen LogP contribution in [0.2, 0.25) is 0 Å². The molecule has 3 amide bonds. The lowest BCUT2D eigenvalue weighted by atomic mass is 10.0. The molecule has 0 radical (unpaired) electrons. The van der Waals surface area contributed by atoms with Gasteiger partial charge in [-0.2, -0.15) is 11.8 Å². The van der Waals surface area contributed by atoms with Crippen molar-refractivity contribution in [1.82, 2.24) is 16.0 Å². The number of nitrogens with one attached hydrogen (secondary N) is 3. The summed E-state index contributed by atoms with van der Waals surface area (Å²) in [4.78, 5) is 65.4. The number of thioether (sulfide) groups is 1. The van der Waals surface area contributed by atoms with Gasteiger partial charge in [0.2, 0.25) is 17.7 Å². The van der Waals surface area contributed by atoms with E-state index in [-0.39, 0.29) is 43.9 Å². The zero-order valence-corrected chi connectivity index (χ0v) is 22.9. The number of nitrogens with zero attached hydrogens (tertiary/aromatic N) is 1. The number of guanidine groups is 1. The molecule has 1 aromatic carbocycles. The summed E-state index contributed by atoms with van der Waals surface area (Å²) >= 11 is 1.37. The van der Waals surface area contributed by atoms with Crippen molar-refractivity contribution in [2.45, 2.75) is 56.3 Å². The van der Waals surface area contributed by atoms with Crippen molar-refractivity contribution >= 4 is 47.4 Å². The molecule has 1 aromatic rings. The van der Waals surface area contributed by atoms with Crippen molar-refractivity contribution in [2.24, 2.45) is 22.2 Å². The molecule has 0 bridgehead atoms. The van der Waals surface area contributed by atoms with Gasteiger partial charge >= 0.3 is 11.9 Å². The molecular weight excluding hydrogens is 546 g/mol. The highest BCUT2D eigenvalue weighted by Crippen LogP contribution is 2.11. The first-order valence-corrected chi connectivity index (χ1v) is 13.7. The van der Waals surface area contributed by atoms with Gasteiger partial charge in [-0.05, 0) is 55.4 Å². The molecule has 1 rings (SSSR count). The molecule has 0 aliphatic carbocycles. The first-order chi connectivity index (χ1) is 18.8. The Balaban J connectivity index is 2.93. The van der Waals surface area contributed by atoms with Gasteiger partial charge < -0.3 is 48.5 Å². The van der Waals surface area contributed by atoms with Crippen molar-refractivity contribution in [3.8, 4) is 5.75 Å². The molecule has 40 heavy (non-hydrogen) atoms. The van der Waals surface area contributed by atoms with E-state index in [1.807, 2.05) is 0 Å². The van der Waals surface area contributed by atoms with E-state index in [1.165, 1.54) is 23.9 Å². The van der Waals surface area contributed by atoms with Crippen LogP contribution < -0.4 is 33.2 Å². The summed E-state index contributed by atoms with van der Waals surface area (Å²) < 4.78 is 0. The first-order valence-electron chi connectivity index (χ1n) is 12.3. The number of nitrogens with two attached hydrogens (primary N) is 3. The minimum absolute atomic E-state index is 0.0116. The van der Waals surface area contributed by atoms with Gasteiger partial charge in [-0.3, -0.25) is 24.2 Å². The molecule has 16 heteroatoms.